The Labute approximate surface area is 354 Å². The minimum absolute atomic E-state index is 0.0849. The molecule has 13 nitrogen and oxygen atoms in total. The lowest BCUT2D eigenvalue weighted by Gasteiger charge is -2.41. The predicted octanol–water partition coefficient (Wildman–Crippen LogP) is 8.39. The van der Waals surface area contributed by atoms with Crippen LogP contribution in [0.5, 0.6) is 0 Å². The van der Waals surface area contributed by atoms with E-state index in [2.05, 4.69) is 62.5 Å². The Bertz CT molecular complexity index is 1220. The summed E-state index contributed by atoms with van der Waals surface area (Å²) >= 11 is 0. The second kappa shape index (κ2) is 35.4. The van der Waals surface area contributed by atoms with E-state index in [9.17, 15) is 44.6 Å². The second-order valence-corrected chi connectivity index (χ2v) is 16.9. The molecular formula is C45H79O13P. The summed E-state index contributed by atoms with van der Waals surface area (Å²) in [6, 6.07) is 0. The van der Waals surface area contributed by atoms with E-state index in [1.807, 2.05) is 0 Å². The predicted molar refractivity (Wildman–Crippen MR) is 230 cm³/mol. The first-order chi connectivity index (χ1) is 28.4. The van der Waals surface area contributed by atoms with Crippen molar-refractivity contribution in [3.63, 3.8) is 0 Å². The lowest BCUT2D eigenvalue weighted by Crippen LogP contribution is -2.64. The number of phosphoric ester groups is 1. The third kappa shape index (κ3) is 28.1. The number of carbonyl (C=O) groups excluding carboxylic acids is 2. The maximum atomic E-state index is 12.8. The van der Waals surface area contributed by atoms with Gasteiger partial charge in [0.25, 0.3) is 0 Å². The average Bonchev–Trinajstić information content (AvgIpc) is 3.21. The first-order valence-electron chi connectivity index (χ1n) is 22.4. The number of aliphatic hydroxyl groups excluding tert-OH is 5. The van der Waals surface area contributed by atoms with Gasteiger partial charge in [0.15, 0.2) is 6.10 Å². The van der Waals surface area contributed by atoms with Crippen LogP contribution in [0.4, 0.5) is 0 Å². The summed E-state index contributed by atoms with van der Waals surface area (Å²) in [7, 11) is -5.13. The number of hydrogen-bond donors (Lipinski definition) is 6. The summed E-state index contributed by atoms with van der Waals surface area (Å²) in [6.45, 7) is 3.19. The molecule has 1 saturated carbocycles. The van der Waals surface area contributed by atoms with Gasteiger partial charge in [0.1, 0.15) is 43.2 Å². The number of ether oxygens (including phenoxy) is 2. The molecular weight excluding hydrogens is 779 g/mol. The first-order valence-corrected chi connectivity index (χ1v) is 23.9. The van der Waals surface area contributed by atoms with Crippen molar-refractivity contribution in [2.24, 2.45) is 0 Å². The zero-order chi connectivity index (χ0) is 43.6. The van der Waals surface area contributed by atoms with Gasteiger partial charge in [0.2, 0.25) is 0 Å². The number of esters is 2. The molecule has 0 radical (unpaired) electrons. The summed E-state index contributed by atoms with van der Waals surface area (Å²) in [6.07, 6.45) is 27.4. The van der Waals surface area contributed by atoms with Gasteiger partial charge in [-0.05, 0) is 70.6 Å². The molecule has 0 aliphatic heterocycles. The maximum absolute atomic E-state index is 12.8. The molecule has 0 heterocycles. The summed E-state index contributed by atoms with van der Waals surface area (Å²) in [4.78, 5) is 35.6. The van der Waals surface area contributed by atoms with Crippen LogP contribution in [0.2, 0.25) is 0 Å². The van der Waals surface area contributed by atoms with Crippen molar-refractivity contribution in [2.75, 3.05) is 13.2 Å². The Hall–Kier alpha value is -2.19. The summed E-state index contributed by atoms with van der Waals surface area (Å²) in [5.74, 6) is -1.15. The molecule has 0 spiro atoms. The highest BCUT2D eigenvalue weighted by Crippen LogP contribution is 2.47. The standard InChI is InChI=1S/C45H79O13P/c1-3-5-7-9-11-13-15-17-19-21-23-25-27-29-31-33-38(46)55-35-37(36-56-59(53,54)58-45-43(51)41(49)40(48)42(50)44(45)52)57-39(47)34-32-30-28-26-24-22-20-18-16-14-12-10-8-6-4-2/h10-13,17,19,23,25,37,40-45,48-52H,3-9,14-16,18,20-22,24,26-36H2,1-2H3,(H,53,54)/b12-10+,13-11+,19-17+,25-23+/t37-,40?,41-,42?,43?,44?,45?/m1/s1. The maximum Gasteiger partial charge on any atom is 0.472 e. The third-order valence-electron chi connectivity index (χ3n) is 10.1. The summed E-state index contributed by atoms with van der Waals surface area (Å²) in [5.41, 5.74) is 0. The van der Waals surface area contributed by atoms with Crippen molar-refractivity contribution >= 4 is 19.8 Å². The number of rotatable bonds is 36. The molecule has 0 saturated heterocycles. The highest BCUT2D eigenvalue weighted by Gasteiger charge is 2.51. The van der Waals surface area contributed by atoms with Crippen molar-refractivity contribution in [3.8, 4) is 0 Å². The monoisotopic (exact) mass is 859 g/mol. The topological polar surface area (TPSA) is 210 Å². The van der Waals surface area contributed by atoms with Crippen LogP contribution < -0.4 is 0 Å². The molecule has 342 valence electrons. The average molecular weight is 859 g/mol. The lowest BCUT2D eigenvalue weighted by molar-refractivity contribution is -0.220. The van der Waals surface area contributed by atoms with E-state index in [0.29, 0.717) is 12.8 Å². The molecule has 6 N–H and O–H groups in total. The Morgan fingerprint density at radius 1 is 0.525 bits per heavy atom. The fourth-order valence-electron chi connectivity index (χ4n) is 6.45. The van der Waals surface area contributed by atoms with Gasteiger partial charge in [-0.2, -0.15) is 0 Å². The molecule has 59 heavy (non-hydrogen) atoms. The van der Waals surface area contributed by atoms with Crippen LogP contribution in [0.15, 0.2) is 48.6 Å². The normalized spacial score (nSPS) is 22.8. The molecule has 1 aliphatic carbocycles. The molecule has 1 rings (SSSR count). The molecule has 0 amide bonds. The van der Waals surface area contributed by atoms with E-state index in [-0.39, 0.29) is 12.8 Å². The highest BCUT2D eigenvalue weighted by molar-refractivity contribution is 7.47. The van der Waals surface area contributed by atoms with Crippen molar-refractivity contribution < 1.29 is 63.1 Å². The van der Waals surface area contributed by atoms with Gasteiger partial charge < -0.3 is 39.9 Å². The molecule has 0 aromatic rings. The van der Waals surface area contributed by atoms with Crippen LogP contribution in [0.25, 0.3) is 0 Å². The molecule has 14 heteroatoms. The molecule has 0 bridgehead atoms. The molecule has 8 atom stereocenters. The minimum Gasteiger partial charge on any atom is -0.462 e. The van der Waals surface area contributed by atoms with Crippen molar-refractivity contribution in [1.82, 2.24) is 0 Å². The van der Waals surface area contributed by atoms with Crippen LogP contribution in [0.3, 0.4) is 0 Å². The smallest absolute Gasteiger partial charge is 0.462 e. The van der Waals surface area contributed by atoms with E-state index in [1.165, 1.54) is 64.2 Å². The van der Waals surface area contributed by atoms with E-state index < -0.39 is 75.7 Å². The van der Waals surface area contributed by atoms with Crippen LogP contribution in [-0.4, -0.2) is 98.3 Å². The van der Waals surface area contributed by atoms with Gasteiger partial charge in [0.05, 0.1) is 6.61 Å². The largest absolute Gasteiger partial charge is 0.472 e. The van der Waals surface area contributed by atoms with E-state index in [4.69, 9.17) is 18.5 Å². The molecule has 0 aromatic heterocycles. The van der Waals surface area contributed by atoms with Gasteiger partial charge in [-0.3, -0.25) is 18.6 Å². The fraction of sp³-hybridized carbons (Fsp3) is 0.778. The molecule has 0 aromatic carbocycles. The third-order valence-corrected chi connectivity index (χ3v) is 11.1. The Morgan fingerprint density at radius 3 is 1.49 bits per heavy atom. The van der Waals surface area contributed by atoms with Gasteiger partial charge >= 0.3 is 19.8 Å². The zero-order valence-corrected chi connectivity index (χ0v) is 36.9. The Morgan fingerprint density at radius 2 is 0.932 bits per heavy atom. The van der Waals surface area contributed by atoms with Crippen LogP contribution >= 0.6 is 7.82 Å². The number of hydrogen-bond acceptors (Lipinski definition) is 12. The van der Waals surface area contributed by atoms with Crippen LogP contribution in [0.1, 0.15) is 168 Å². The Balaban J connectivity index is 2.51. The number of phosphoric acid groups is 1. The molecule has 1 fully saturated rings. The second-order valence-electron chi connectivity index (χ2n) is 15.5. The fourth-order valence-corrected chi connectivity index (χ4v) is 7.42. The minimum atomic E-state index is -5.13. The van der Waals surface area contributed by atoms with Crippen LogP contribution in [0, 0.1) is 0 Å². The van der Waals surface area contributed by atoms with Gasteiger partial charge in [0, 0.05) is 12.8 Å². The number of aliphatic hydroxyl groups is 5. The first kappa shape index (κ1) is 54.8. The van der Waals surface area contributed by atoms with Gasteiger partial charge in [-0.15, -0.1) is 0 Å². The SMILES string of the molecule is CCCC/C=C/CCCCCCCCCCCC(=O)O[C@H](COC(=O)CCCC/C=C/C/C=C/C/C=C/CCCCC)COP(=O)(O)OC1C(O)C(O)C(O)[C@@H](O)C1O. The number of allylic oxidation sites excluding steroid dienone is 8. The zero-order valence-electron chi connectivity index (χ0n) is 36.0. The Kier molecular flexibility index (Phi) is 32.9. The van der Waals surface area contributed by atoms with Gasteiger partial charge in [-0.25, -0.2) is 4.57 Å². The van der Waals surface area contributed by atoms with E-state index >= 15 is 0 Å². The van der Waals surface area contributed by atoms with E-state index in [1.54, 1.807) is 0 Å². The van der Waals surface area contributed by atoms with Crippen molar-refractivity contribution in [2.45, 2.75) is 211 Å². The summed E-state index contributed by atoms with van der Waals surface area (Å²) in [5, 5.41) is 50.1. The van der Waals surface area contributed by atoms with Crippen LogP contribution in [-0.2, 0) is 32.7 Å². The molecule has 1 aliphatic rings. The molecule has 6 unspecified atom stereocenters. The quantitative estimate of drug-likeness (QED) is 0.0152. The lowest BCUT2D eigenvalue weighted by atomic mass is 9.85. The summed E-state index contributed by atoms with van der Waals surface area (Å²) < 4.78 is 33.4. The van der Waals surface area contributed by atoms with Crippen molar-refractivity contribution in [1.29, 1.82) is 0 Å². The van der Waals surface area contributed by atoms with E-state index in [0.717, 1.165) is 64.2 Å². The number of unbranched alkanes of at least 4 members (excludes halogenated alkanes) is 16. The van der Waals surface area contributed by atoms with Gasteiger partial charge in [-0.1, -0.05) is 133 Å². The van der Waals surface area contributed by atoms with Crippen molar-refractivity contribution in [3.05, 3.63) is 48.6 Å². The highest BCUT2D eigenvalue weighted by atomic mass is 31.2. The number of carbonyl (C=O) groups is 2.